The van der Waals surface area contributed by atoms with E-state index in [0.717, 1.165) is 0 Å². The number of carbonyl (C=O) groups excluding carboxylic acids is 1. The minimum absolute atomic E-state index is 0.106. The minimum Gasteiger partial charge on any atom is -0.374 e. The first-order chi connectivity index (χ1) is 4.95. The molecule has 1 amide bonds. The van der Waals surface area contributed by atoms with Crippen molar-refractivity contribution in [3.05, 3.63) is 12.3 Å². The Morgan fingerprint density at radius 1 is 1.45 bits per heavy atom. The smallest absolute Gasteiger partial charge is 0.267 e. The molecular formula is C8H16N2O. The van der Waals surface area contributed by atoms with Crippen LogP contribution in [0.2, 0.25) is 0 Å². The molecule has 0 rings (SSSR count). The van der Waals surface area contributed by atoms with E-state index >= 15 is 0 Å². The number of rotatable bonds is 3. The largest absolute Gasteiger partial charge is 0.374 e. The molecule has 0 spiro atoms. The molecule has 0 bridgehead atoms. The molecule has 0 heterocycles. The summed E-state index contributed by atoms with van der Waals surface area (Å²) in [7, 11) is 3.59. The predicted octanol–water partition coefficient (Wildman–Crippen LogP) is 0.586. The highest BCUT2D eigenvalue weighted by atomic mass is 16.2. The van der Waals surface area contributed by atoms with Crippen LogP contribution in [0.1, 0.15) is 13.8 Å². The SMILES string of the molecule is C=C(C(=O)NC(C)C)N(C)C. The van der Waals surface area contributed by atoms with Crippen molar-refractivity contribution in [2.24, 2.45) is 0 Å². The molecule has 1 N–H and O–H groups in total. The Morgan fingerprint density at radius 2 is 1.91 bits per heavy atom. The monoisotopic (exact) mass is 156 g/mol. The van der Waals surface area contributed by atoms with Crippen LogP contribution in [0.25, 0.3) is 0 Å². The number of nitrogens with zero attached hydrogens (tertiary/aromatic N) is 1. The van der Waals surface area contributed by atoms with E-state index in [-0.39, 0.29) is 11.9 Å². The van der Waals surface area contributed by atoms with Gasteiger partial charge >= 0.3 is 0 Å². The second-order valence-electron chi connectivity index (χ2n) is 2.97. The van der Waals surface area contributed by atoms with Gasteiger partial charge < -0.3 is 10.2 Å². The maximum Gasteiger partial charge on any atom is 0.267 e. The van der Waals surface area contributed by atoms with Gasteiger partial charge in [-0.25, -0.2) is 0 Å². The topological polar surface area (TPSA) is 32.3 Å². The quantitative estimate of drug-likeness (QED) is 0.606. The van der Waals surface area contributed by atoms with Crippen LogP contribution >= 0.6 is 0 Å². The van der Waals surface area contributed by atoms with E-state index in [1.54, 1.807) is 19.0 Å². The van der Waals surface area contributed by atoms with Crippen molar-refractivity contribution < 1.29 is 4.79 Å². The lowest BCUT2D eigenvalue weighted by Gasteiger charge is -2.16. The average molecular weight is 156 g/mol. The molecule has 0 aliphatic rings. The van der Waals surface area contributed by atoms with Gasteiger partial charge in [0.2, 0.25) is 0 Å². The molecular weight excluding hydrogens is 140 g/mol. The Kier molecular flexibility index (Phi) is 3.65. The first kappa shape index (κ1) is 10.0. The van der Waals surface area contributed by atoms with Crippen molar-refractivity contribution in [1.29, 1.82) is 0 Å². The summed E-state index contributed by atoms with van der Waals surface area (Å²) >= 11 is 0. The summed E-state index contributed by atoms with van der Waals surface area (Å²) in [5.41, 5.74) is 0.485. The van der Waals surface area contributed by atoms with Crippen molar-refractivity contribution >= 4 is 5.91 Å². The molecule has 3 nitrogen and oxygen atoms in total. The average Bonchev–Trinajstić information content (AvgIpc) is 1.84. The van der Waals surface area contributed by atoms with Gasteiger partial charge in [0.1, 0.15) is 0 Å². The lowest BCUT2D eigenvalue weighted by Crippen LogP contribution is -2.35. The highest BCUT2D eigenvalue weighted by Crippen LogP contribution is 1.94. The van der Waals surface area contributed by atoms with Crippen LogP contribution in [0.15, 0.2) is 12.3 Å². The number of hydrogen-bond donors (Lipinski definition) is 1. The second kappa shape index (κ2) is 4.01. The first-order valence-electron chi connectivity index (χ1n) is 3.62. The Labute approximate surface area is 68.1 Å². The maximum absolute atomic E-state index is 11.1. The summed E-state index contributed by atoms with van der Waals surface area (Å²) < 4.78 is 0. The van der Waals surface area contributed by atoms with Crippen molar-refractivity contribution in [3.8, 4) is 0 Å². The molecule has 11 heavy (non-hydrogen) atoms. The molecule has 0 saturated heterocycles. The molecule has 0 aromatic carbocycles. The van der Waals surface area contributed by atoms with E-state index in [1.165, 1.54) is 0 Å². The highest BCUT2D eigenvalue weighted by Gasteiger charge is 2.08. The number of likely N-dealkylation sites (N-methyl/N-ethyl adjacent to an activating group) is 1. The van der Waals surface area contributed by atoms with Gasteiger partial charge in [-0.05, 0) is 13.8 Å². The third-order valence-corrected chi connectivity index (χ3v) is 1.22. The summed E-state index contributed by atoms with van der Waals surface area (Å²) in [6, 6.07) is 0.166. The van der Waals surface area contributed by atoms with E-state index in [4.69, 9.17) is 0 Å². The van der Waals surface area contributed by atoms with E-state index in [0.29, 0.717) is 5.70 Å². The molecule has 0 fully saturated rings. The number of amides is 1. The lowest BCUT2D eigenvalue weighted by atomic mass is 10.3. The standard InChI is InChI=1S/C8H16N2O/c1-6(2)9-8(11)7(3)10(4)5/h6H,3H2,1-2,4-5H3,(H,9,11). The second-order valence-corrected chi connectivity index (χ2v) is 2.97. The fraction of sp³-hybridized carbons (Fsp3) is 0.625. The summed E-state index contributed by atoms with van der Waals surface area (Å²) in [6.45, 7) is 7.46. The normalized spacial score (nSPS) is 9.55. The third-order valence-electron chi connectivity index (χ3n) is 1.22. The summed E-state index contributed by atoms with van der Waals surface area (Å²) in [6.07, 6.45) is 0. The van der Waals surface area contributed by atoms with Gasteiger partial charge in [-0.3, -0.25) is 4.79 Å². The van der Waals surface area contributed by atoms with Crippen molar-refractivity contribution in [3.63, 3.8) is 0 Å². The van der Waals surface area contributed by atoms with Crippen LogP contribution in [0.3, 0.4) is 0 Å². The zero-order valence-corrected chi connectivity index (χ0v) is 7.64. The Balaban J connectivity index is 3.94. The number of carbonyl (C=O) groups is 1. The van der Waals surface area contributed by atoms with E-state index in [2.05, 4.69) is 11.9 Å². The van der Waals surface area contributed by atoms with Crippen LogP contribution in [0.5, 0.6) is 0 Å². The molecule has 0 aromatic heterocycles. The third kappa shape index (κ3) is 3.65. The molecule has 0 aliphatic carbocycles. The summed E-state index contributed by atoms with van der Waals surface area (Å²) in [5.74, 6) is -0.106. The van der Waals surface area contributed by atoms with Gasteiger partial charge in [0.15, 0.2) is 0 Å². The first-order valence-corrected chi connectivity index (χ1v) is 3.62. The van der Waals surface area contributed by atoms with Crippen LogP contribution in [0, 0.1) is 0 Å². The zero-order valence-electron chi connectivity index (χ0n) is 7.64. The Morgan fingerprint density at radius 3 is 2.18 bits per heavy atom. The fourth-order valence-corrected chi connectivity index (χ4v) is 0.549. The van der Waals surface area contributed by atoms with Gasteiger partial charge in [0.25, 0.3) is 5.91 Å². The number of hydrogen-bond acceptors (Lipinski definition) is 2. The summed E-state index contributed by atoms with van der Waals surface area (Å²) in [4.78, 5) is 12.8. The summed E-state index contributed by atoms with van der Waals surface area (Å²) in [5, 5.41) is 2.74. The fourth-order valence-electron chi connectivity index (χ4n) is 0.549. The van der Waals surface area contributed by atoms with Gasteiger partial charge in [-0.15, -0.1) is 0 Å². The minimum atomic E-state index is -0.106. The molecule has 0 saturated carbocycles. The molecule has 0 atom stereocenters. The van der Waals surface area contributed by atoms with E-state index in [9.17, 15) is 4.79 Å². The van der Waals surface area contributed by atoms with Crippen LogP contribution in [-0.4, -0.2) is 30.9 Å². The molecule has 0 aliphatic heterocycles. The molecule has 64 valence electrons. The van der Waals surface area contributed by atoms with Crippen molar-refractivity contribution in [2.45, 2.75) is 19.9 Å². The van der Waals surface area contributed by atoms with Crippen LogP contribution in [-0.2, 0) is 4.79 Å². The van der Waals surface area contributed by atoms with Crippen molar-refractivity contribution in [2.75, 3.05) is 14.1 Å². The van der Waals surface area contributed by atoms with Crippen molar-refractivity contribution in [1.82, 2.24) is 10.2 Å². The maximum atomic E-state index is 11.1. The lowest BCUT2D eigenvalue weighted by molar-refractivity contribution is -0.119. The van der Waals surface area contributed by atoms with Gasteiger partial charge in [0, 0.05) is 20.1 Å². The van der Waals surface area contributed by atoms with Crippen LogP contribution in [0.4, 0.5) is 0 Å². The molecule has 3 heteroatoms. The van der Waals surface area contributed by atoms with Gasteiger partial charge in [-0.2, -0.15) is 0 Å². The molecule has 0 aromatic rings. The molecule has 0 unspecified atom stereocenters. The zero-order chi connectivity index (χ0) is 9.02. The predicted molar refractivity (Wildman–Crippen MR) is 46.1 cm³/mol. The van der Waals surface area contributed by atoms with E-state index in [1.807, 2.05) is 13.8 Å². The van der Waals surface area contributed by atoms with E-state index < -0.39 is 0 Å². The highest BCUT2D eigenvalue weighted by molar-refractivity contribution is 5.92. The van der Waals surface area contributed by atoms with Gasteiger partial charge in [0.05, 0.1) is 5.70 Å². The van der Waals surface area contributed by atoms with Gasteiger partial charge in [-0.1, -0.05) is 6.58 Å². The Bertz CT molecular complexity index is 161. The Hall–Kier alpha value is -0.990. The van der Waals surface area contributed by atoms with Crippen LogP contribution < -0.4 is 5.32 Å². The molecule has 0 radical (unpaired) electrons. The number of nitrogens with one attached hydrogen (secondary N) is 1.